The van der Waals surface area contributed by atoms with E-state index in [1.165, 1.54) is 5.56 Å². The van der Waals surface area contributed by atoms with Crippen LogP contribution in [-0.2, 0) is 17.8 Å². The fraction of sp³-hybridized carbons (Fsp3) is 0.769. The van der Waals surface area contributed by atoms with E-state index in [0.717, 1.165) is 32.7 Å². The first kappa shape index (κ1) is 14.2. The molecular formula is C13H25N3O. The molecule has 98 valence electrons. The zero-order valence-corrected chi connectivity index (χ0v) is 11.5. The van der Waals surface area contributed by atoms with Gasteiger partial charge in [-0.15, -0.1) is 0 Å². The molecule has 0 radical (unpaired) electrons. The van der Waals surface area contributed by atoms with Crippen LogP contribution in [-0.4, -0.2) is 30.0 Å². The Bertz CT molecular complexity index is 315. The van der Waals surface area contributed by atoms with Gasteiger partial charge in [-0.3, -0.25) is 4.68 Å². The first-order valence-electron chi connectivity index (χ1n) is 6.22. The van der Waals surface area contributed by atoms with Crippen LogP contribution in [0.2, 0.25) is 0 Å². The summed E-state index contributed by atoms with van der Waals surface area (Å²) in [6, 6.07) is 0. The molecule has 0 aliphatic heterocycles. The number of aromatic nitrogens is 2. The van der Waals surface area contributed by atoms with Crippen molar-refractivity contribution in [2.24, 2.45) is 5.41 Å². The molecule has 0 atom stereocenters. The Morgan fingerprint density at radius 1 is 1.41 bits per heavy atom. The molecule has 1 rings (SSSR count). The summed E-state index contributed by atoms with van der Waals surface area (Å²) in [7, 11) is 1.71. The van der Waals surface area contributed by atoms with Gasteiger partial charge in [0.1, 0.15) is 0 Å². The maximum atomic E-state index is 4.98. The Morgan fingerprint density at radius 2 is 2.18 bits per heavy atom. The third-order valence-corrected chi connectivity index (χ3v) is 2.59. The molecule has 1 N–H and O–H groups in total. The molecule has 0 saturated heterocycles. The maximum absolute atomic E-state index is 4.98. The Morgan fingerprint density at radius 3 is 2.82 bits per heavy atom. The second-order valence-corrected chi connectivity index (χ2v) is 5.59. The highest BCUT2D eigenvalue weighted by atomic mass is 16.5. The summed E-state index contributed by atoms with van der Waals surface area (Å²) in [5.41, 5.74) is 1.60. The predicted molar refractivity (Wildman–Crippen MR) is 69.9 cm³/mol. The van der Waals surface area contributed by atoms with Crippen molar-refractivity contribution in [3.63, 3.8) is 0 Å². The molecular weight excluding hydrogens is 214 g/mol. The molecule has 1 aromatic heterocycles. The summed E-state index contributed by atoms with van der Waals surface area (Å²) >= 11 is 0. The minimum Gasteiger partial charge on any atom is -0.383 e. The van der Waals surface area contributed by atoms with Crippen molar-refractivity contribution in [3.8, 4) is 0 Å². The Kier molecular flexibility index (Phi) is 5.65. The van der Waals surface area contributed by atoms with Gasteiger partial charge >= 0.3 is 0 Å². The number of nitrogens with zero attached hydrogens (tertiary/aromatic N) is 2. The van der Waals surface area contributed by atoms with Crippen molar-refractivity contribution in [1.82, 2.24) is 15.1 Å². The number of nitrogens with one attached hydrogen (secondary N) is 1. The standard InChI is InChI=1S/C13H25N3O/c1-13(2,3)5-7-16-11-12(10-15-16)9-14-6-8-17-4/h10-11,14H,5-9H2,1-4H3. The molecule has 0 bridgehead atoms. The third kappa shape index (κ3) is 6.44. The molecule has 1 aromatic rings. The molecule has 0 aromatic carbocycles. The van der Waals surface area contributed by atoms with Gasteiger partial charge < -0.3 is 10.1 Å². The number of hydrogen-bond donors (Lipinski definition) is 1. The van der Waals surface area contributed by atoms with Crippen molar-refractivity contribution >= 4 is 0 Å². The van der Waals surface area contributed by atoms with E-state index >= 15 is 0 Å². The molecule has 0 spiro atoms. The van der Waals surface area contributed by atoms with Gasteiger partial charge in [-0.05, 0) is 11.8 Å². The van der Waals surface area contributed by atoms with Gasteiger partial charge in [0.25, 0.3) is 0 Å². The topological polar surface area (TPSA) is 39.1 Å². The molecule has 0 unspecified atom stereocenters. The number of ether oxygens (including phenoxy) is 1. The lowest BCUT2D eigenvalue weighted by molar-refractivity contribution is 0.199. The molecule has 0 fully saturated rings. The second-order valence-electron chi connectivity index (χ2n) is 5.59. The molecule has 0 amide bonds. The van der Waals surface area contributed by atoms with E-state index in [-0.39, 0.29) is 0 Å². The lowest BCUT2D eigenvalue weighted by Crippen LogP contribution is -2.18. The van der Waals surface area contributed by atoms with Crippen LogP contribution < -0.4 is 5.32 Å². The molecule has 0 aliphatic rings. The zero-order chi connectivity index (χ0) is 12.7. The lowest BCUT2D eigenvalue weighted by Gasteiger charge is -2.17. The van der Waals surface area contributed by atoms with Gasteiger partial charge in [0.2, 0.25) is 0 Å². The summed E-state index contributed by atoms with van der Waals surface area (Å²) in [4.78, 5) is 0. The van der Waals surface area contributed by atoms with Crippen LogP contribution in [0.15, 0.2) is 12.4 Å². The molecule has 0 aliphatic carbocycles. The number of methoxy groups -OCH3 is 1. The molecule has 17 heavy (non-hydrogen) atoms. The van der Waals surface area contributed by atoms with E-state index in [9.17, 15) is 0 Å². The first-order chi connectivity index (χ1) is 8.01. The summed E-state index contributed by atoms with van der Waals surface area (Å²) in [6.45, 7) is 10.2. The van der Waals surface area contributed by atoms with Gasteiger partial charge in [0.05, 0.1) is 12.8 Å². The summed E-state index contributed by atoms with van der Waals surface area (Å²) < 4.78 is 7.00. The Balaban J connectivity index is 2.28. The van der Waals surface area contributed by atoms with Gasteiger partial charge in [-0.25, -0.2) is 0 Å². The van der Waals surface area contributed by atoms with Crippen molar-refractivity contribution in [2.75, 3.05) is 20.3 Å². The fourth-order valence-electron chi connectivity index (χ4n) is 1.48. The van der Waals surface area contributed by atoms with Gasteiger partial charge in [-0.1, -0.05) is 20.8 Å². The van der Waals surface area contributed by atoms with Crippen molar-refractivity contribution in [2.45, 2.75) is 40.3 Å². The molecule has 1 heterocycles. The summed E-state index contributed by atoms with van der Waals surface area (Å²) in [6.07, 6.45) is 5.19. The van der Waals surface area contributed by atoms with E-state index in [0.29, 0.717) is 5.41 Å². The highest BCUT2D eigenvalue weighted by molar-refractivity contribution is 5.03. The summed E-state index contributed by atoms with van der Waals surface area (Å²) in [5, 5.41) is 7.67. The number of aryl methyl sites for hydroxylation is 1. The highest BCUT2D eigenvalue weighted by Gasteiger charge is 2.10. The van der Waals surface area contributed by atoms with E-state index < -0.39 is 0 Å². The van der Waals surface area contributed by atoms with Crippen molar-refractivity contribution in [1.29, 1.82) is 0 Å². The van der Waals surface area contributed by atoms with Crippen LogP contribution in [0, 0.1) is 5.41 Å². The average Bonchev–Trinajstić information content (AvgIpc) is 2.69. The van der Waals surface area contributed by atoms with Crippen LogP contribution in [0.5, 0.6) is 0 Å². The SMILES string of the molecule is COCCNCc1cnn(CCC(C)(C)C)c1. The van der Waals surface area contributed by atoms with Crippen molar-refractivity contribution in [3.05, 3.63) is 18.0 Å². The molecule has 4 nitrogen and oxygen atoms in total. The van der Waals surface area contributed by atoms with Crippen LogP contribution in [0.4, 0.5) is 0 Å². The second kappa shape index (κ2) is 6.77. The average molecular weight is 239 g/mol. The van der Waals surface area contributed by atoms with Gasteiger partial charge in [0, 0.05) is 38.5 Å². The van der Waals surface area contributed by atoms with E-state index in [2.05, 4.69) is 37.4 Å². The molecule has 4 heteroatoms. The predicted octanol–water partition coefficient (Wildman–Crippen LogP) is 2.06. The summed E-state index contributed by atoms with van der Waals surface area (Å²) in [5.74, 6) is 0. The zero-order valence-electron chi connectivity index (χ0n) is 11.5. The lowest BCUT2D eigenvalue weighted by atomic mass is 9.92. The minimum absolute atomic E-state index is 0.364. The van der Waals surface area contributed by atoms with E-state index in [4.69, 9.17) is 4.74 Å². The smallest absolute Gasteiger partial charge is 0.0587 e. The maximum Gasteiger partial charge on any atom is 0.0587 e. The van der Waals surface area contributed by atoms with Gasteiger partial charge in [0.15, 0.2) is 0 Å². The van der Waals surface area contributed by atoms with Crippen LogP contribution in [0.3, 0.4) is 0 Å². The third-order valence-electron chi connectivity index (χ3n) is 2.59. The Hall–Kier alpha value is -0.870. The highest BCUT2D eigenvalue weighted by Crippen LogP contribution is 2.19. The quantitative estimate of drug-likeness (QED) is 0.740. The normalized spacial score (nSPS) is 12.0. The largest absolute Gasteiger partial charge is 0.383 e. The van der Waals surface area contributed by atoms with E-state index in [1.807, 2.05) is 10.9 Å². The minimum atomic E-state index is 0.364. The molecule has 0 saturated carbocycles. The van der Waals surface area contributed by atoms with Crippen molar-refractivity contribution < 1.29 is 4.74 Å². The van der Waals surface area contributed by atoms with Gasteiger partial charge in [-0.2, -0.15) is 5.10 Å². The number of rotatable bonds is 7. The fourth-order valence-corrected chi connectivity index (χ4v) is 1.48. The van der Waals surface area contributed by atoms with Crippen LogP contribution in [0.1, 0.15) is 32.8 Å². The first-order valence-corrected chi connectivity index (χ1v) is 6.22. The van der Waals surface area contributed by atoms with Crippen LogP contribution >= 0.6 is 0 Å². The van der Waals surface area contributed by atoms with Crippen LogP contribution in [0.25, 0.3) is 0 Å². The Labute approximate surface area is 104 Å². The number of hydrogen-bond acceptors (Lipinski definition) is 3. The monoisotopic (exact) mass is 239 g/mol. The van der Waals surface area contributed by atoms with E-state index in [1.54, 1.807) is 7.11 Å².